The molecule has 60 valence electrons. The summed E-state index contributed by atoms with van der Waals surface area (Å²) in [6.07, 6.45) is 3.59. The van der Waals surface area contributed by atoms with Crippen LogP contribution in [0.4, 0.5) is 0 Å². The molecular weight excluding hydrogens is 257 g/mol. The highest BCUT2D eigenvalue weighted by Gasteiger charge is 2.11. The fourth-order valence-corrected chi connectivity index (χ4v) is 2.42. The maximum absolute atomic E-state index is 11.0. The standard InChI is InChI=1S/C7H8INO2/c1-11-7(10)6-5(9)3-2-4-8-6/h2-4H,9H2,1H3. The molecule has 0 bridgehead atoms. The van der Waals surface area contributed by atoms with Crippen molar-refractivity contribution in [2.24, 2.45) is 5.73 Å². The molecule has 3 nitrogen and oxygen atoms in total. The Hall–Kier alpha value is -0.650. The Morgan fingerprint density at radius 2 is 2.45 bits per heavy atom. The van der Waals surface area contributed by atoms with Gasteiger partial charge in [-0.15, -0.1) is 0 Å². The second kappa shape index (κ2) is 3.66. The Bertz CT molecular complexity index is 266. The van der Waals surface area contributed by atoms with Crippen LogP contribution in [0.3, 0.4) is 0 Å². The third kappa shape index (κ3) is 1.89. The van der Waals surface area contributed by atoms with Crippen LogP contribution in [0, 0.1) is 0 Å². The number of hydrogen-bond acceptors (Lipinski definition) is 3. The summed E-state index contributed by atoms with van der Waals surface area (Å²) in [5, 5.41) is 0. The molecular formula is C7H8INO2. The van der Waals surface area contributed by atoms with Crippen LogP contribution in [0.25, 0.3) is 0 Å². The van der Waals surface area contributed by atoms with Crippen molar-refractivity contribution in [1.29, 1.82) is 0 Å². The maximum Gasteiger partial charge on any atom is 0.345 e. The fraction of sp³-hybridized carbons (Fsp3) is 0.143. The van der Waals surface area contributed by atoms with E-state index in [0.29, 0.717) is 9.28 Å². The highest BCUT2D eigenvalue weighted by molar-refractivity contribution is 14.2. The van der Waals surface area contributed by atoms with Crippen molar-refractivity contribution in [3.05, 3.63) is 21.4 Å². The number of allylic oxidation sites excluding steroid dienone is 2. The molecule has 0 atom stereocenters. The number of carbonyl (C=O) groups is 1. The fourth-order valence-electron chi connectivity index (χ4n) is 0.628. The lowest BCUT2D eigenvalue weighted by Gasteiger charge is -2.03. The summed E-state index contributed by atoms with van der Waals surface area (Å²) in [5.41, 5.74) is 6.10. The maximum atomic E-state index is 11.0. The van der Waals surface area contributed by atoms with Gasteiger partial charge in [0.25, 0.3) is 0 Å². The molecule has 0 aromatic heterocycles. The van der Waals surface area contributed by atoms with Crippen molar-refractivity contribution in [3.63, 3.8) is 0 Å². The van der Waals surface area contributed by atoms with Crippen LogP contribution in [-0.4, -0.2) is 17.1 Å². The quantitative estimate of drug-likeness (QED) is 0.560. The van der Waals surface area contributed by atoms with Crippen LogP contribution >= 0.6 is 20.7 Å². The summed E-state index contributed by atoms with van der Waals surface area (Å²) in [5.74, 6) is -0.295. The van der Waals surface area contributed by atoms with E-state index in [1.54, 1.807) is 6.08 Å². The van der Waals surface area contributed by atoms with Gasteiger partial charge in [0.2, 0.25) is 0 Å². The molecule has 0 spiro atoms. The van der Waals surface area contributed by atoms with Crippen molar-refractivity contribution in [2.45, 2.75) is 0 Å². The third-order valence-electron chi connectivity index (χ3n) is 1.14. The molecule has 1 rings (SSSR count). The van der Waals surface area contributed by atoms with Gasteiger partial charge >= 0.3 is 5.97 Å². The van der Waals surface area contributed by atoms with Gasteiger partial charge in [0, 0.05) is 0 Å². The molecule has 0 aromatic carbocycles. The molecule has 1 heterocycles. The zero-order valence-electron chi connectivity index (χ0n) is 6.00. The lowest BCUT2D eigenvalue weighted by atomic mass is 10.4. The van der Waals surface area contributed by atoms with Crippen molar-refractivity contribution in [2.75, 3.05) is 7.11 Å². The number of ether oxygens (including phenoxy) is 1. The summed E-state index contributed by atoms with van der Waals surface area (Å²) in [4.78, 5) is 11.0. The minimum absolute atomic E-state index is 0.295. The molecule has 1 aliphatic rings. The Kier molecular flexibility index (Phi) is 2.81. The van der Waals surface area contributed by atoms with Gasteiger partial charge in [-0.1, -0.05) is 26.8 Å². The molecule has 11 heavy (non-hydrogen) atoms. The first-order valence-corrected chi connectivity index (χ1v) is 5.29. The number of nitrogens with two attached hydrogens (primary N) is 1. The summed E-state index contributed by atoms with van der Waals surface area (Å²) < 4.78 is 7.18. The predicted octanol–water partition coefficient (Wildman–Crippen LogP) is 0.672. The first-order valence-electron chi connectivity index (χ1n) is 2.97. The van der Waals surface area contributed by atoms with Crippen LogP contribution in [0.15, 0.2) is 21.4 Å². The molecule has 0 aromatic rings. The van der Waals surface area contributed by atoms with E-state index in [2.05, 4.69) is 4.74 Å². The molecule has 0 fully saturated rings. The zero-order chi connectivity index (χ0) is 8.27. The lowest BCUT2D eigenvalue weighted by molar-refractivity contribution is -0.135. The summed E-state index contributed by atoms with van der Waals surface area (Å²) in [7, 11) is 1.37. The number of methoxy groups -OCH3 is 1. The van der Waals surface area contributed by atoms with E-state index in [4.69, 9.17) is 5.73 Å². The number of rotatable bonds is 1. The van der Waals surface area contributed by atoms with E-state index in [9.17, 15) is 4.79 Å². The van der Waals surface area contributed by atoms with Crippen LogP contribution in [0.5, 0.6) is 0 Å². The van der Waals surface area contributed by atoms with Crippen molar-refractivity contribution < 1.29 is 9.53 Å². The van der Waals surface area contributed by atoms with E-state index in [1.165, 1.54) is 7.11 Å². The van der Waals surface area contributed by atoms with Gasteiger partial charge in [-0.2, -0.15) is 0 Å². The largest absolute Gasteiger partial charge is 0.465 e. The van der Waals surface area contributed by atoms with Crippen molar-refractivity contribution >= 4 is 30.7 Å². The minimum Gasteiger partial charge on any atom is -0.465 e. The van der Waals surface area contributed by atoms with E-state index < -0.39 is 0 Å². The van der Waals surface area contributed by atoms with Crippen LogP contribution < -0.4 is 5.73 Å². The van der Waals surface area contributed by atoms with E-state index in [0.717, 1.165) is 0 Å². The van der Waals surface area contributed by atoms with Gasteiger partial charge < -0.3 is 10.5 Å². The summed E-state index contributed by atoms with van der Waals surface area (Å²) in [6.45, 7) is 0. The van der Waals surface area contributed by atoms with Crippen molar-refractivity contribution in [3.8, 4) is 0 Å². The Labute approximate surface area is 74.7 Å². The monoisotopic (exact) mass is 265 g/mol. The smallest absolute Gasteiger partial charge is 0.345 e. The normalized spacial score (nSPS) is 16.1. The lowest BCUT2D eigenvalue weighted by Crippen LogP contribution is -2.08. The van der Waals surface area contributed by atoms with Gasteiger partial charge in [-0.25, -0.2) is 4.79 Å². The van der Waals surface area contributed by atoms with Crippen LogP contribution in [-0.2, 0) is 9.53 Å². The number of carbonyl (C=O) groups excluding carboxylic acids is 1. The average Bonchev–Trinajstić information content (AvgIpc) is 2.04. The SMILES string of the molecule is COC(=O)C1=C(N)C=CC=I1. The van der Waals surface area contributed by atoms with E-state index in [-0.39, 0.29) is 26.7 Å². The third-order valence-corrected chi connectivity index (χ3v) is 3.60. The molecule has 0 aliphatic carbocycles. The highest BCUT2D eigenvalue weighted by atomic mass is 127. The molecule has 0 saturated heterocycles. The highest BCUT2D eigenvalue weighted by Crippen LogP contribution is 2.21. The first kappa shape index (κ1) is 8.45. The molecule has 1 aliphatic heterocycles. The predicted molar refractivity (Wildman–Crippen MR) is 52.5 cm³/mol. The topological polar surface area (TPSA) is 52.3 Å². The second-order valence-electron chi connectivity index (χ2n) is 1.86. The van der Waals surface area contributed by atoms with Gasteiger partial charge in [-0.05, 0) is 10.1 Å². The summed E-state index contributed by atoms with van der Waals surface area (Å²) in [6, 6.07) is 0. The van der Waals surface area contributed by atoms with Crippen LogP contribution in [0.2, 0.25) is 0 Å². The molecule has 4 heteroatoms. The number of hydrogen-bond donors (Lipinski definition) is 1. The second-order valence-corrected chi connectivity index (χ2v) is 4.28. The minimum atomic E-state index is -0.370. The number of esters is 1. The van der Waals surface area contributed by atoms with Gasteiger partial charge in [-0.3, -0.25) is 0 Å². The van der Waals surface area contributed by atoms with Gasteiger partial charge in [0.1, 0.15) is 3.58 Å². The van der Waals surface area contributed by atoms with Crippen molar-refractivity contribution in [1.82, 2.24) is 0 Å². The summed E-state index contributed by atoms with van der Waals surface area (Å²) >= 11 is -0.370. The Morgan fingerprint density at radius 1 is 1.73 bits per heavy atom. The molecule has 0 saturated carbocycles. The zero-order valence-corrected chi connectivity index (χ0v) is 8.16. The Morgan fingerprint density at radius 3 is 3.00 bits per heavy atom. The number of halogens is 1. The molecule has 0 unspecified atom stereocenters. The van der Waals surface area contributed by atoms with Gasteiger partial charge in [0.05, 0.1) is 12.8 Å². The van der Waals surface area contributed by atoms with E-state index >= 15 is 0 Å². The van der Waals surface area contributed by atoms with Gasteiger partial charge in [0.15, 0.2) is 0 Å². The molecule has 0 amide bonds. The molecule has 0 radical (unpaired) electrons. The Balaban J connectivity index is 2.95. The molecule has 2 N–H and O–H groups in total. The van der Waals surface area contributed by atoms with E-state index in [1.807, 2.05) is 10.1 Å². The van der Waals surface area contributed by atoms with Crippen LogP contribution in [0.1, 0.15) is 0 Å². The first-order chi connectivity index (χ1) is 5.25. The average molecular weight is 265 g/mol.